The first kappa shape index (κ1) is 23.8. The first-order valence-corrected chi connectivity index (χ1v) is 12.9. The van der Waals surface area contributed by atoms with Crippen molar-refractivity contribution in [3.05, 3.63) is 123 Å². The van der Waals surface area contributed by atoms with Crippen molar-refractivity contribution in [3.8, 4) is 5.75 Å². The summed E-state index contributed by atoms with van der Waals surface area (Å²) in [5, 5.41) is 4.84. The third kappa shape index (κ3) is 5.34. The number of ether oxygens (including phenoxy) is 1. The van der Waals surface area contributed by atoms with E-state index in [9.17, 15) is 9.59 Å². The number of nitrogens with zero attached hydrogens (tertiary/aromatic N) is 1. The maximum Gasteiger partial charge on any atom is 0.264 e. The van der Waals surface area contributed by atoms with Crippen LogP contribution < -0.4 is 10.1 Å². The molecule has 0 aliphatic carbocycles. The number of thiophene rings is 1. The summed E-state index contributed by atoms with van der Waals surface area (Å²) in [5.74, 6) is 0.473. The molecule has 6 heteroatoms. The van der Waals surface area contributed by atoms with Crippen LogP contribution in [0.2, 0.25) is 0 Å². The SMILES string of the molecule is Cc1cccc(CNC(=O)COc2ccc3c(c2)C(c2ccccc2)N(C(=O)c2cccs2)CC3)c1. The molecule has 2 heterocycles. The summed E-state index contributed by atoms with van der Waals surface area (Å²) in [6.07, 6.45) is 0.771. The highest BCUT2D eigenvalue weighted by atomic mass is 32.1. The van der Waals surface area contributed by atoms with Crippen molar-refractivity contribution >= 4 is 23.2 Å². The molecule has 36 heavy (non-hydrogen) atoms. The fourth-order valence-electron chi connectivity index (χ4n) is 4.66. The first-order valence-electron chi connectivity index (χ1n) is 12.1. The van der Waals surface area contributed by atoms with Crippen LogP contribution >= 0.6 is 11.3 Å². The molecule has 1 atom stereocenters. The number of aryl methyl sites for hydroxylation is 1. The third-order valence-electron chi connectivity index (χ3n) is 6.40. The molecule has 0 saturated heterocycles. The minimum Gasteiger partial charge on any atom is -0.484 e. The molecular formula is C30H28N2O3S. The van der Waals surface area contributed by atoms with Crippen LogP contribution in [0.1, 0.15) is 43.5 Å². The summed E-state index contributed by atoms with van der Waals surface area (Å²) in [6.45, 7) is 3.07. The third-order valence-corrected chi connectivity index (χ3v) is 7.25. The topological polar surface area (TPSA) is 58.6 Å². The number of hydrogen-bond acceptors (Lipinski definition) is 4. The second-order valence-corrected chi connectivity index (χ2v) is 9.90. The van der Waals surface area contributed by atoms with Gasteiger partial charge in [0.25, 0.3) is 11.8 Å². The number of rotatable bonds is 7. The lowest BCUT2D eigenvalue weighted by Crippen LogP contribution is -2.40. The predicted octanol–water partition coefficient (Wildman–Crippen LogP) is 5.54. The summed E-state index contributed by atoms with van der Waals surface area (Å²) >= 11 is 1.46. The number of nitrogens with one attached hydrogen (secondary N) is 1. The van der Waals surface area contributed by atoms with Gasteiger partial charge in [0, 0.05) is 13.1 Å². The molecule has 0 bridgehead atoms. The zero-order valence-electron chi connectivity index (χ0n) is 20.1. The first-order chi connectivity index (χ1) is 17.6. The summed E-state index contributed by atoms with van der Waals surface area (Å²) in [4.78, 5) is 28.5. The molecule has 182 valence electrons. The summed E-state index contributed by atoms with van der Waals surface area (Å²) in [6, 6.07) is 27.6. The monoisotopic (exact) mass is 496 g/mol. The van der Waals surface area contributed by atoms with Gasteiger partial charge in [-0.2, -0.15) is 0 Å². The summed E-state index contributed by atoms with van der Waals surface area (Å²) in [5.41, 5.74) is 5.49. The Bertz CT molecular complexity index is 1350. The lowest BCUT2D eigenvalue weighted by atomic mass is 9.88. The maximum atomic E-state index is 13.4. The molecule has 0 saturated carbocycles. The molecule has 2 amide bonds. The minimum atomic E-state index is -0.219. The van der Waals surface area contributed by atoms with Gasteiger partial charge in [0.05, 0.1) is 10.9 Å². The summed E-state index contributed by atoms with van der Waals surface area (Å²) in [7, 11) is 0. The molecule has 1 aliphatic rings. The Morgan fingerprint density at radius 3 is 2.64 bits per heavy atom. The lowest BCUT2D eigenvalue weighted by Gasteiger charge is -2.37. The molecule has 1 aliphatic heterocycles. The highest BCUT2D eigenvalue weighted by molar-refractivity contribution is 7.12. The second-order valence-electron chi connectivity index (χ2n) is 8.95. The van der Waals surface area contributed by atoms with Crippen molar-refractivity contribution < 1.29 is 14.3 Å². The standard InChI is InChI=1S/C30H28N2O3S/c1-21-7-5-8-22(17-21)19-31-28(33)20-35-25-13-12-23-14-15-32(30(34)27-11-6-16-36-27)29(26(23)18-25)24-9-3-2-4-10-24/h2-13,16-18,29H,14-15,19-20H2,1H3,(H,31,33). The van der Waals surface area contributed by atoms with Crippen LogP contribution in [0.4, 0.5) is 0 Å². The van der Waals surface area contributed by atoms with E-state index in [1.807, 2.05) is 77.9 Å². The van der Waals surface area contributed by atoms with Gasteiger partial charge in [0.2, 0.25) is 0 Å². The molecule has 1 N–H and O–H groups in total. The van der Waals surface area contributed by atoms with Gasteiger partial charge in [0.15, 0.2) is 6.61 Å². The van der Waals surface area contributed by atoms with Gasteiger partial charge in [-0.15, -0.1) is 11.3 Å². The largest absolute Gasteiger partial charge is 0.484 e. The van der Waals surface area contributed by atoms with Gasteiger partial charge in [-0.05, 0) is 59.2 Å². The molecule has 0 spiro atoms. The van der Waals surface area contributed by atoms with E-state index in [1.54, 1.807) is 0 Å². The molecule has 4 aromatic rings. The average molecular weight is 497 g/mol. The Hall–Kier alpha value is -3.90. The average Bonchev–Trinajstić information content (AvgIpc) is 3.45. The van der Waals surface area contributed by atoms with E-state index in [1.165, 1.54) is 16.9 Å². The van der Waals surface area contributed by atoms with E-state index >= 15 is 0 Å². The number of hydrogen-bond donors (Lipinski definition) is 1. The van der Waals surface area contributed by atoms with Gasteiger partial charge in [-0.3, -0.25) is 9.59 Å². The van der Waals surface area contributed by atoms with Gasteiger partial charge >= 0.3 is 0 Å². The number of benzene rings is 3. The Morgan fingerprint density at radius 1 is 1.00 bits per heavy atom. The smallest absolute Gasteiger partial charge is 0.264 e. The molecule has 1 aromatic heterocycles. The normalized spacial score (nSPS) is 14.7. The molecule has 1 unspecified atom stereocenters. The van der Waals surface area contributed by atoms with Crippen LogP contribution in [0.25, 0.3) is 0 Å². The Balaban J connectivity index is 1.34. The fourth-order valence-corrected chi connectivity index (χ4v) is 5.34. The number of amides is 2. The predicted molar refractivity (Wildman–Crippen MR) is 142 cm³/mol. The van der Waals surface area contributed by atoms with E-state index in [2.05, 4.69) is 29.6 Å². The zero-order chi connectivity index (χ0) is 24.9. The molecule has 3 aromatic carbocycles. The molecule has 0 fully saturated rings. The zero-order valence-corrected chi connectivity index (χ0v) is 21.0. The van der Waals surface area contributed by atoms with E-state index in [-0.39, 0.29) is 24.5 Å². The number of carbonyl (C=O) groups excluding carboxylic acids is 2. The van der Waals surface area contributed by atoms with Crippen molar-refractivity contribution in [2.24, 2.45) is 0 Å². The van der Waals surface area contributed by atoms with E-state index in [0.29, 0.717) is 18.8 Å². The van der Waals surface area contributed by atoms with Gasteiger partial charge in [0.1, 0.15) is 5.75 Å². The highest BCUT2D eigenvalue weighted by Gasteiger charge is 2.33. The highest BCUT2D eigenvalue weighted by Crippen LogP contribution is 2.38. The Morgan fingerprint density at radius 2 is 1.86 bits per heavy atom. The summed E-state index contributed by atoms with van der Waals surface area (Å²) < 4.78 is 5.88. The van der Waals surface area contributed by atoms with Crippen molar-refractivity contribution in [3.63, 3.8) is 0 Å². The van der Waals surface area contributed by atoms with Crippen LogP contribution in [0.3, 0.4) is 0 Å². The van der Waals surface area contributed by atoms with Crippen molar-refractivity contribution in [2.45, 2.75) is 25.9 Å². The van der Waals surface area contributed by atoms with Crippen molar-refractivity contribution in [1.82, 2.24) is 10.2 Å². The maximum absolute atomic E-state index is 13.4. The Labute approximate surface area is 215 Å². The molecule has 5 rings (SSSR count). The molecule has 0 radical (unpaired) electrons. The van der Waals surface area contributed by atoms with Crippen LogP contribution in [0.15, 0.2) is 90.3 Å². The van der Waals surface area contributed by atoms with Crippen LogP contribution in [-0.2, 0) is 17.8 Å². The molecular weight excluding hydrogens is 468 g/mol. The van der Waals surface area contributed by atoms with Crippen molar-refractivity contribution in [2.75, 3.05) is 13.2 Å². The number of carbonyl (C=O) groups is 2. The second kappa shape index (κ2) is 10.8. The number of fused-ring (bicyclic) bond motifs is 1. The quantitative estimate of drug-likeness (QED) is 0.366. The Kier molecular flexibility index (Phi) is 7.14. The van der Waals surface area contributed by atoms with E-state index < -0.39 is 0 Å². The van der Waals surface area contributed by atoms with Crippen LogP contribution in [0, 0.1) is 6.92 Å². The van der Waals surface area contributed by atoms with E-state index in [0.717, 1.165) is 33.6 Å². The van der Waals surface area contributed by atoms with Crippen LogP contribution in [-0.4, -0.2) is 29.9 Å². The lowest BCUT2D eigenvalue weighted by molar-refractivity contribution is -0.123. The minimum absolute atomic E-state index is 0.0337. The van der Waals surface area contributed by atoms with Gasteiger partial charge in [-0.1, -0.05) is 72.3 Å². The van der Waals surface area contributed by atoms with Crippen LogP contribution in [0.5, 0.6) is 5.75 Å². The van der Waals surface area contributed by atoms with Gasteiger partial charge in [-0.25, -0.2) is 0 Å². The molecule has 5 nitrogen and oxygen atoms in total. The van der Waals surface area contributed by atoms with Gasteiger partial charge < -0.3 is 15.0 Å². The van der Waals surface area contributed by atoms with Crippen molar-refractivity contribution in [1.29, 1.82) is 0 Å². The fraction of sp³-hybridized carbons (Fsp3) is 0.200. The van der Waals surface area contributed by atoms with E-state index in [4.69, 9.17) is 4.74 Å².